The van der Waals surface area contributed by atoms with Gasteiger partial charge >= 0.3 is 11.9 Å². The van der Waals surface area contributed by atoms with Crippen LogP contribution in [0.2, 0.25) is 19.6 Å². The summed E-state index contributed by atoms with van der Waals surface area (Å²) in [6, 6.07) is 0. The average Bonchev–Trinajstić information content (AvgIpc) is 2.08. The van der Waals surface area contributed by atoms with Crippen LogP contribution in [0, 0.1) is 5.41 Å². The first-order chi connectivity index (χ1) is 7.84. The fraction of sp³-hybridized carbons (Fsp3) is 0.692. The van der Waals surface area contributed by atoms with E-state index in [0.29, 0.717) is 0 Å². The second-order valence-electron chi connectivity index (χ2n) is 6.47. The van der Waals surface area contributed by atoms with E-state index >= 15 is 0 Å². The zero-order valence-corrected chi connectivity index (χ0v) is 13.4. The minimum atomic E-state index is -2.00. The fourth-order valence-corrected chi connectivity index (χ4v) is 1.85. The summed E-state index contributed by atoms with van der Waals surface area (Å²) in [4.78, 5) is 23.6. The van der Waals surface area contributed by atoms with Crippen molar-refractivity contribution in [3.63, 3.8) is 0 Å². The molecular weight excluding hydrogens is 248 g/mol. The average molecular weight is 272 g/mol. The van der Waals surface area contributed by atoms with Gasteiger partial charge in [0.2, 0.25) is 14.4 Å². The Morgan fingerprint density at radius 1 is 1.17 bits per heavy atom. The smallest absolute Gasteiger partial charge is 0.334 e. The molecule has 0 aromatic carbocycles. The highest BCUT2D eigenvalue weighted by Crippen LogP contribution is 2.25. The van der Waals surface area contributed by atoms with Gasteiger partial charge in [-0.1, -0.05) is 27.4 Å². The van der Waals surface area contributed by atoms with Crippen LogP contribution < -0.4 is 0 Å². The summed E-state index contributed by atoms with van der Waals surface area (Å²) in [6.45, 7) is 16.3. The molecule has 0 rings (SSSR count). The van der Waals surface area contributed by atoms with E-state index in [4.69, 9.17) is 9.16 Å². The largest absolute Gasteiger partial charge is 0.517 e. The third-order valence-corrected chi connectivity index (χ3v) is 2.79. The Morgan fingerprint density at radius 2 is 1.61 bits per heavy atom. The van der Waals surface area contributed by atoms with Crippen molar-refractivity contribution in [2.24, 2.45) is 5.41 Å². The summed E-state index contributed by atoms with van der Waals surface area (Å²) in [5, 5.41) is 0. The van der Waals surface area contributed by atoms with Crippen LogP contribution in [0.5, 0.6) is 0 Å². The fourth-order valence-electron chi connectivity index (χ4n) is 1.14. The lowest BCUT2D eigenvalue weighted by Crippen LogP contribution is -2.44. The van der Waals surface area contributed by atoms with E-state index in [-0.39, 0.29) is 5.57 Å². The van der Waals surface area contributed by atoms with Crippen molar-refractivity contribution in [1.29, 1.82) is 0 Å². The van der Waals surface area contributed by atoms with Gasteiger partial charge in [-0.3, -0.25) is 0 Å². The second-order valence-corrected chi connectivity index (χ2v) is 10.9. The van der Waals surface area contributed by atoms with Crippen LogP contribution in [0.15, 0.2) is 12.2 Å². The molecule has 0 N–H and O–H groups in total. The molecule has 0 spiro atoms. The van der Waals surface area contributed by atoms with Gasteiger partial charge in [-0.25, -0.2) is 9.59 Å². The lowest BCUT2D eigenvalue weighted by atomic mass is 9.89. The van der Waals surface area contributed by atoms with E-state index in [1.165, 1.54) is 0 Å². The third kappa shape index (κ3) is 6.00. The van der Waals surface area contributed by atoms with Crippen LogP contribution in [0.4, 0.5) is 0 Å². The molecule has 1 unspecified atom stereocenters. The molecule has 0 amide bonds. The molecule has 0 radical (unpaired) electrons. The zero-order valence-electron chi connectivity index (χ0n) is 12.4. The van der Waals surface area contributed by atoms with Gasteiger partial charge in [0.15, 0.2) is 0 Å². The summed E-state index contributed by atoms with van der Waals surface area (Å²) in [5.74, 6) is -1.04. The molecule has 0 aromatic heterocycles. The molecule has 0 aliphatic carbocycles. The molecule has 0 fully saturated rings. The number of hydrogen-bond donors (Lipinski definition) is 0. The molecule has 0 aliphatic rings. The minimum Gasteiger partial charge on any atom is -0.517 e. The summed E-state index contributed by atoms with van der Waals surface area (Å²) >= 11 is 0. The van der Waals surface area contributed by atoms with E-state index in [9.17, 15) is 9.59 Å². The SMILES string of the molecule is C=C(C)C(=O)OC(C(=O)O[Si](C)(C)C)C(C)(C)C. The summed E-state index contributed by atoms with van der Waals surface area (Å²) in [7, 11) is -2.00. The van der Waals surface area contributed by atoms with Crippen molar-refractivity contribution in [2.75, 3.05) is 0 Å². The predicted octanol–water partition coefficient (Wildman–Crippen LogP) is 2.90. The van der Waals surface area contributed by atoms with Gasteiger partial charge in [0.1, 0.15) is 0 Å². The number of rotatable bonds is 4. The molecule has 0 bridgehead atoms. The number of ether oxygens (including phenoxy) is 1. The van der Waals surface area contributed by atoms with Crippen molar-refractivity contribution in [1.82, 2.24) is 0 Å². The minimum absolute atomic E-state index is 0.269. The van der Waals surface area contributed by atoms with Crippen LogP contribution >= 0.6 is 0 Å². The highest BCUT2D eigenvalue weighted by molar-refractivity contribution is 6.71. The Labute approximate surface area is 110 Å². The number of hydrogen-bond acceptors (Lipinski definition) is 4. The Morgan fingerprint density at radius 3 is 1.89 bits per heavy atom. The molecule has 18 heavy (non-hydrogen) atoms. The molecule has 0 saturated heterocycles. The van der Waals surface area contributed by atoms with E-state index < -0.39 is 31.8 Å². The van der Waals surface area contributed by atoms with Gasteiger partial charge in [-0.15, -0.1) is 0 Å². The van der Waals surface area contributed by atoms with Crippen molar-refractivity contribution in [3.8, 4) is 0 Å². The second kappa shape index (κ2) is 5.69. The lowest BCUT2D eigenvalue weighted by molar-refractivity contribution is -0.167. The van der Waals surface area contributed by atoms with Crippen LogP contribution in [0.1, 0.15) is 27.7 Å². The Bertz CT molecular complexity index is 347. The van der Waals surface area contributed by atoms with Crippen molar-refractivity contribution >= 4 is 20.3 Å². The van der Waals surface area contributed by atoms with Crippen molar-refractivity contribution < 1.29 is 18.8 Å². The van der Waals surface area contributed by atoms with Crippen LogP contribution in [-0.4, -0.2) is 26.4 Å². The normalized spacial score (nSPS) is 13.7. The third-order valence-electron chi connectivity index (χ3n) is 1.98. The van der Waals surface area contributed by atoms with Crippen LogP contribution in [0.25, 0.3) is 0 Å². The zero-order chi connectivity index (χ0) is 14.7. The van der Waals surface area contributed by atoms with Gasteiger partial charge in [-0.05, 0) is 26.6 Å². The molecule has 0 aromatic rings. The van der Waals surface area contributed by atoms with Gasteiger partial charge < -0.3 is 9.16 Å². The van der Waals surface area contributed by atoms with Crippen molar-refractivity contribution in [2.45, 2.75) is 53.4 Å². The molecular formula is C13H24O4Si. The molecule has 4 nitrogen and oxygen atoms in total. The van der Waals surface area contributed by atoms with Crippen LogP contribution in [-0.2, 0) is 18.8 Å². The van der Waals surface area contributed by atoms with E-state index in [0.717, 1.165) is 0 Å². The Hall–Kier alpha value is -1.10. The summed E-state index contributed by atoms with van der Waals surface area (Å²) in [6.07, 6.45) is -0.909. The molecule has 0 heterocycles. The lowest BCUT2D eigenvalue weighted by Gasteiger charge is -2.31. The molecule has 104 valence electrons. The monoisotopic (exact) mass is 272 g/mol. The molecule has 1 atom stereocenters. The van der Waals surface area contributed by atoms with Gasteiger partial charge in [-0.2, -0.15) is 0 Å². The number of carbonyl (C=O) groups excluding carboxylic acids is 2. The van der Waals surface area contributed by atoms with Crippen molar-refractivity contribution in [3.05, 3.63) is 12.2 Å². The maximum Gasteiger partial charge on any atom is 0.334 e. The number of esters is 1. The first kappa shape index (κ1) is 16.9. The highest BCUT2D eigenvalue weighted by Gasteiger charge is 2.38. The van der Waals surface area contributed by atoms with Crippen LogP contribution in [0.3, 0.4) is 0 Å². The molecule has 5 heteroatoms. The topological polar surface area (TPSA) is 52.6 Å². The Balaban J connectivity index is 4.97. The van der Waals surface area contributed by atoms with Gasteiger partial charge in [0, 0.05) is 11.0 Å². The highest BCUT2D eigenvalue weighted by atomic mass is 28.4. The van der Waals surface area contributed by atoms with E-state index in [1.54, 1.807) is 6.92 Å². The quantitative estimate of drug-likeness (QED) is 0.448. The number of carbonyl (C=O) groups is 2. The molecule has 0 aliphatic heterocycles. The van der Waals surface area contributed by atoms with E-state index in [2.05, 4.69) is 6.58 Å². The maximum absolute atomic E-state index is 12.1. The first-order valence-electron chi connectivity index (χ1n) is 5.94. The predicted molar refractivity (Wildman–Crippen MR) is 73.6 cm³/mol. The first-order valence-corrected chi connectivity index (χ1v) is 9.35. The van der Waals surface area contributed by atoms with Gasteiger partial charge in [0.05, 0.1) is 0 Å². The summed E-state index contributed by atoms with van der Waals surface area (Å²) in [5.41, 5.74) is -0.243. The molecule has 0 saturated carbocycles. The Kier molecular flexibility index (Phi) is 5.34. The van der Waals surface area contributed by atoms with Gasteiger partial charge in [0.25, 0.3) is 0 Å². The standard InChI is InChI=1S/C13H24O4Si/c1-9(2)11(14)16-10(13(3,4)5)12(15)17-18(6,7)8/h10H,1H2,2-8H3. The maximum atomic E-state index is 12.1. The van der Waals surface area contributed by atoms with E-state index in [1.807, 2.05) is 40.4 Å². The summed E-state index contributed by atoms with van der Waals surface area (Å²) < 4.78 is 10.6.